The van der Waals surface area contributed by atoms with Crippen molar-refractivity contribution in [1.82, 2.24) is 18.9 Å². The summed E-state index contributed by atoms with van der Waals surface area (Å²) in [6.45, 7) is -0.842. The molecule has 2 aliphatic rings. The molecule has 0 atom stereocenters. The van der Waals surface area contributed by atoms with Crippen molar-refractivity contribution in [3.8, 4) is 5.75 Å². The summed E-state index contributed by atoms with van der Waals surface area (Å²) in [7, 11) is 0. The van der Waals surface area contributed by atoms with Crippen molar-refractivity contribution in [1.29, 1.82) is 0 Å². The Morgan fingerprint density at radius 1 is 0.662 bits per heavy atom. The van der Waals surface area contributed by atoms with E-state index in [1.54, 1.807) is 9.80 Å². The van der Waals surface area contributed by atoms with Gasteiger partial charge in [-0.1, -0.05) is 12.8 Å². The number of hydrogen-bond acceptors (Lipinski definition) is 9. The molecule has 0 unspecified atom stereocenters. The van der Waals surface area contributed by atoms with E-state index < -0.39 is 99.0 Å². The fourth-order valence-corrected chi connectivity index (χ4v) is 8.06. The van der Waals surface area contributed by atoms with Gasteiger partial charge in [0.2, 0.25) is 22.8 Å². The van der Waals surface area contributed by atoms with Crippen LogP contribution < -0.4 is 48.3 Å². The normalized spacial score (nSPS) is 15.5. The molecule has 0 saturated carbocycles. The Bertz CT molecular complexity index is 2790. The van der Waals surface area contributed by atoms with Crippen LogP contribution in [0, 0.1) is 23.3 Å². The first kappa shape index (κ1) is 49.9. The molecular formula is C42H50F6N14O6. The van der Waals surface area contributed by atoms with Gasteiger partial charge in [-0.3, -0.25) is 24.4 Å². The largest absolute Gasteiger partial charge is 0.477 e. The third-order valence-corrected chi connectivity index (χ3v) is 11.4. The first-order valence-electron chi connectivity index (χ1n) is 21.4. The summed E-state index contributed by atoms with van der Waals surface area (Å²) < 4.78 is 95.8. The molecule has 2 aliphatic heterocycles. The molecule has 68 heavy (non-hydrogen) atoms. The second kappa shape index (κ2) is 22.3. The van der Waals surface area contributed by atoms with Gasteiger partial charge in [-0.2, -0.15) is 9.98 Å². The fraction of sp³-hybridized carbons (Fsp3) is 0.429. The number of carbonyl (C=O) groups is 2. The van der Waals surface area contributed by atoms with Crippen LogP contribution >= 0.6 is 0 Å². The van der Waals surface area contributed by atoms with Crippen LogP contribution in [0.4, 0.5) is 37.7 Å². The van der Waals surface area contributed by atoms with Crippen molar-refractivity contribution in [3.05, 3.63) is 73.8 Å². The van der Waals surface area contributed by atoms with Gasteiger partial charge in [-0.15, -0.1) is 0 Å². The number of rotatable bonds is 16. The molecule has 4 aromatic rings. The zero-order valence-electron chi connectivity index (χ0n) is 36.7. The van der Waals surface area contributed by atoms with E-state index in [2.05, 4.69) is 24.7 Å². The summed E-state index contributed by atoms with van der Waals surface area (Å²) >= 11 is 0. The van der Waals surface area contributed by atoms with Crippen LogP contribution in [0.1, 0.15) is 36.0 Å². The van der Waals surface area contributed by atoms with Gasteiger partial charge >= 0.3 is 5.97 Å². The number of halogens is 6. The number of unbranched alkanes of at least 4 members (excludes halogenated alkanes) is 3. The molecule has 26 heteroatoms. The zero-order chi connectivity index (χ0) is 49.2. The smallest absolute Gasteiger partial charge is 0.341 e. The molecular weight excluding hydrogens is 911 g/mol. The Morgan fingerprint density at radius 2 is 1.09 bits per heavy atom. The minimum absolute atomic E-state index is 0.00834. The van der Waals surface area contributed by atoms with Gasteiger partial charge in [0, 0.05) is 71.6 Å². The van der Waals surface area contributed by atoms with E-state index in [9.17, 15) is 33.1 Å². The standard InChI is InChI=1S/C42H50F6N14O6/c43-5-9-61-21-26(38(66)67)36(64)24-19-27(45)34(30(47)32(24)61)57-11-15-59(16-12-57)41(51)55-39(49)53-7-3-1-2-4-8-54-40(50)56-42(52)60-17-13-58(14-18-60)35-28(46)20-25-33(31(35)48)62(10-6-44)22-29(37(25)65)68-23-63/h19-23H,1-18H2,(H,66,67)(H4,49,51,53,55)(H4,50,52,54,56). The maximum Gasteiger partial charge on any atom is 0.341 e. The Labute approximate surface area is 383 Å². The molecule has 20 nitrogen and oxygen atoms in total. The van der Waals surface area contributed by atoms with E-state index in [-0.39, 0.29) is 94.7 Å². The van der Waals surface area contributed by atoms with Crippen molar-refractivity contribution in [3.63, 3.8) is 0 Å². The van der Waals surface area contributed by atoms with E-state index in [4.69, 9.17) is 22.9 Å². The van der Waals surface area contributed by atoms with Gasteiger partial charge in [0.05, 0.1) is 41.1 Å². The summed E-state index contributed by atoms with van der Waals surface area (Å²) in [5.41, 5.74) is 20.0. The number of aromatic nitrogens is 2. The molecule has 366 valence electrons. The molecule has 0 radical (unpaired) electrons. The SMILES string of the molecule is NC(=NCCCCCCN=C(N)N=C(N)N1CCN(c2c(F)cc3c(=O)c(C(=O)O)cn(CCF)c3c2F)CC1)N=C(N)N1CCN(c2c(F)cc3c(=O)c(OC=O)cn(CCF)c3c2F)CC1. The van der Waals surface area contributed by atoms with E-state index in [0.29, 0.717) is 25.9 Å². The number of aryl methyl sites for hydroxylation is 2. The molecule has 2 saturated heterocycles. The summed E-state index contributed by atoms with van der Waals surface area (Å²) in [5, 5.41) is 8.46. The first-order valence-corrected chi connectivity index (χ1v) is 21.4. The Hall–Kier alpha value is -7.54. The monoisotopic (exact) mass is 960 g/mol. The summed E-state index contributed by atoms with van der Waals surface area (Å²) in [4.78, 5) is 70.8. The van der Waals surface area contributed by atoms with Gasteiger partial charge in [0.1, 0.15) is 41.9 Å². The maximum atomic E-state index is 15.9. The van der Waals surface area contributed by atoms with Crippen LogP contribution in [0.25, 0.3) is 21.8 Å². The van der Waals surface area contributed by atoms with Gasteiger partial charge in [0.15, 0.2) is 29.3 Å². The van der Waals surface area contributed by atoms with Crippen LogP contribution in [-0.4, -0.2) is 139 Å². The number of benzene rings is 2. The number of aromatic carboxylic acids is 1. The number of carbonyl (C=O) groups excluding carboxylic acids is 1. The second-order valence-electron chi connectivity index (χ2n) is 15.6. The van der Waals surface area contributed by atoms with Gasteiger partial charge in [0.25, 0.3) is 6.47 Å². The average molecular weight is 961 g/mol. The predicted octanol–water partition coefficient (Wildman–Crippen LogP) is 1.81. The number of nitrogens with zero attached hydrogens (tertiary/aromatic N) is 10. The fourth-order valence-electron chi connectivity index (χ4n) is 8.06. The highest BCUT2D eigenvalue weighted by Gasteiger charge is 2.30. The van der Waals surface area contributed by atoms with E-state index in [1.165, 1.54) is 9.80 Å². The summed E-state index contributed by atoms with van der Waals surface area (Å²) in [6.07, 6.45) is 4.75. The minimum atomic E-state index is -1.61. The lowest BCUT2D eigenvalue weighted by Gasteiger charge is -2.37. The lowest BCUT2D eigenvalue weighted by atomic mass is 10.1. The van der Waals surface area contributed by atoms with Crippen LogP contribution in [-0.2, 0) is 17.9 Å². The number of alkyl halides is 2. The number of ether oxygens (including phenoxy) is 1. The van der Waals surface area contributed by atoms with E-state index >= 15 is 17.6 Å². The molecule has 2 fully saturated rings. The van der Waals surface area contributed by atoms with Crippen molar-refractivity contribution >= 4 is 69.5 Å². The van der Waals surface area contributed by atoms with Crippen molar-refractivity contribution in [2.45, 2.75) is 38.8 Å². The highest BCUT2D eigenvalue weighted by atomic mass is 19.2. The van der Waals surface area contributed by atoms with Crippen LogP contribution in [0.5, 0.6) is 5.75 Å². The topological polar surface area (TPSA) is 274 Å². The molecule has 2 aromatic heterocycles. The highest BCUT2D eigenvalue weighted by Crippen LogP contribution is 2.33. The number of guanidine groups is 4. The number of piperazine rings is 2. The quantitative estimate of drug-likeness (QED) is 0.0353. The average Bonchev–Trinajstić information content (AvgIpc) is 3.30. The number of anilines is 2. The van der Waals surface area contributed by atoms with Crippen LogP contribution in [0.3, 0.4) is 0 Å². The van der Waals surface area contributed by atoms with E-state index in [1.807, 2.05) is 0 Å². The second-order valence-corrected chi connectivity index (χ2v) is 15.6. The predicted molar refractivity (Wildman–Crippen MR) is 244 cm³/mol. The van der Waals surface area contributed by atoms with Gasteiger partial charge in [-0.05, 0) is 25.0 Å². The highest BCUT2D eigenvalue weighted by molar-refractivity contribution is 5.95. The van der Waals surface area contributed by atoms with Crippen molar-refractivity contribution in [2.75, 3.05) is 88.6 Å². The molecule has 0 aliphatic carbocycles. The van der Waals surface area contributed by atoms with Crippen LogP contribution in [0.2, 0.25) is 0 Å². The third kappa shape index (κ3) is 11.0. The summed E-state index contributed by atoms with van der Waals surface area (Å²) in [6, 6.07) is 1.61. The molecule has 2 aromatic carbocycles. The Morgan fingerprint density at radius 3 is 1.50 bits per heavy atom. The Kier molecular flexibility index (Phi) is 16.4. The number of hydrogen-bond donors (Lipinski definition) is 5. The number of fused-ring (bicyclic) bond motifs is 2. The number of carboxylic acid groups (broad SMARTS) is 1. The molecule has 4 heterocycles. The number of pyridine rings is 2. The summed E-state index contributed by atoms with van der Waals surface area (Å²) in [5.74, 6) is -6.40. The maximum absolute atomic E-state index is 15.9. The number of aliphatic imine (C=N–C) groups is 4. The molecule has 9 N–H and O–H groups in total. The number of carboxylic acids is 1. The Balaban J connectivity index is 0.930. The molecule has 0 amide bonds. The van der Waals surface area contributed by atoms with Gasteiger partial charge < -0.3 is 61.5 Å². The third-order valence-electron chi connectivity index (χ3n) is 11.4. The molecule has 0 bridgehead atoms. The first-order chi connectivity index (χ1) is 32.6. The van der Waals surface area contributed by atoms with Crippen LogP contribution in [0.15, 0.2) is 54.1 Å². The van der Waals surface area contributed by atoms with Crippen molar-refractivity contribution < 1.29 is 45.8 Å². The van der Waals surface area contributed by atoms with E-state index in [0.717, 1.165) is 46.5 Å². The molecule has 6 rings (SSSR count). The van der Waals surface area contributed by atoms with Gasteiger partial charge in [-0.25, -0.2) is 31.1 Å². The minimum Gasteiger partial charge on any atom is -0.477 e. The van der Waals surface area contributed by atoms with Crippen molar-refractivity contribution in [2.24, 2.45) is 42.9 Å². The molecule has 0 spiro atoms. The zero-order valence-corrected chi connectivity index (χ0v) is 36.7. The lowest BCUT2D eigenvalue weighted by Crippen LogP contribution is -2.52. The number of nitrogens with two attached hydrogens (primary N) is 4. The lowest BCUT2D eigenvalue weighted by molar-refractivity contribution is -0.120.